The summed E-state index contributed by atoms with van der Waals surface area (Å²) in [5.74, 6) is 0. The van der Waals surface area contributed by atoms with Crippen LogP contribution in [0.3, 0.4) is 0 Å². The summed E-state index contributed by atoms with van der Waals surface area (Å²) in [7, 11) is 0. The van der Waals surface area contributed by atoms with Crippen LogP contribution in [0.1, 0.15) is 52.9 Å². The first-order chi connectivity index (χ1) is 6.68. The van der Waals surface area contributed by atoms with Crippen molar-refractivity contribution in [1.29, 1.82) is 0 Å². The quantitative estimate of drug-likeness (QED) is 0.613. The topological polar surface area (TPSA) is 24.1 Å². The Kier molecular flexibility index (Phi) is 4.90. The summed E-state index contributed by atoms with van der Waals surface area (Å²) in [5.41, 5.74) is 0.526. The molecule has 0 aromatic carbocycles. The van der Waals surface area contributed by atoms with Gasteiger partial charge in [0, 0.05) is 11.6 Å². The highest BCUT2D eigenvalue weighted by Gasteiger charge is 2.33. The van der Waals surface area contributed by atoms with Crippen molar-refractivity contribution in [2.24, 2.45) is 0 Å². The molecule has 14 heavy (non-hydrogen) atoms. The Balaban J connectivity index is 1.97. The molecule has 1 aliphatic rings. The molecule has 0 heterocycles. The molecule has 1 rings (SSSR count). The SMILES string of the molecule is CCC1(NCCCNC(C)C)CCC1. The van der Waals surface area contributed by atoms with Gasteiger partial charge in [0.05, 0.1) is 0 Å². The van der Waals surface area contributed by atoms with Crippen LogP contribution in [0, 0.1) is 0 Å². The van der Waals surface area contributed by atoms with Gasteiger partial charge >= 0.3 is 0 Å². The van der Waals surface area contributed by atoms with Crippen LogP contribution in [0.5, 0.6) is 0 Å². The third-order valence-corrected chi connectivity index (χ3v) is 3.39. The van der Waals surface area contributed by atoms with Gasteiger partial charge in [-0.1, -0.05) is 20.8 Å². The smallest absolute Gasteiger partial charge is 0.0178 e. The highest BCUT2D eigenvalue weighted by Crippen LogP contribution is 2.34. The minimum atomic E-state index is 0.526. The van der Waals surface area contributed by atoms with E-state index in [0.29, 0.717) is 11.6 Å². The van der Waals surface area contributed by atoms with E-state index < -0.39 is 0 Å². The summed E-state index contributed by atoms with van der Waals surface area (Å²) in [6.45, 7) is 9.02. The first-order valence-electron chi connectivity index (χ1n) is 6.17. The Morgan fingerprint density at radius 1 is 1.21 bits per heavy atom. The third-order valence-electron chi connectivity index (χ3n) is 3.39. The van der Waals surface area contributed by atoms with E-state index in [1.807, 2.05) is 0 Å². The molecule has 0 unspecified atom stereocenters. The van der Waals surface area contributed by atoms with Crippen molar-refractivity contribution in [3.8, 4) is 0 Å². The fraction of sp³-hybridized carbons (Fsp3) is 1.00. The molecule has 0 bridgehead atoms. The molecule has 2 N–H and O–H groups in total. The third kappa shape index (κ3) is 3.58. The minimum absolute atomic E-state index is 0.526. The van der Waals surface area contributed by atoms with E-state index >= 15 is 0 Å². The average molecular weight is 198 g/mol. The average Bonchev–Trinajstić information content (AvgIpc) is 2.08. The van der Waals surface area contributed by atoms with E-state index in [1.54, 1.807) is 0 Å². The molecule has 0 aromatic heterocycles. The number of hydrogen-bond acceptors (Lipinski definition) is 2. The lowest BCUT2D eigenvalue weighted by atomic mass is 9.75. The van der Waals surface area contributed by atoms with Crippen LogP contribution in [-0.4, -0.2) is 24.7 Å². The Morgan fingerprint density at radius 3 is 2.36 bits per heavy atom. The van der Waals surface area contributed by atoms with E-state index in [0.717, 1.165) is 6.54 Å². The minimum Gasteiger partial charge on any atom is -0.314 e. The zero-order valence-electron chi connectivity index (χ0n) is 10.0. The molecule has 0 spiro atoms. The number of rotatable bonds is 7. The Bertz CT molecular complexity index is 145. The Hall–Kier alpha value is -0.0800. The second-order valence-corrected chi connectivity index (χ2v) is 4.88. The second-order valence-electron chi connectivity index (χ2n) is 4.88. The van der Waals surface area contributed by atoms with E-state index in [1.165, 1.54) is 38.6 Å². The van der Waals surface area contributed by atoms with Crippen LogP contribution in [0.25, 0.3) is 0 Å². The normalized spacial score (nSPS) is 19.7. The molecule has 2 nitrogen and oxygen atoms in total. The van der Waals surface area contributed by atoms with Crippen molar-refractivity contribution in [3.63, 3.8) is 0 Å². The predicted molar refractivity (Wildman–Crippen MR) is 62.6 cm³/mol. The predicted octanol–water partition coefficient (Wildman–Crippen LogP) is 2.30. The Morgan fingerprint density at radius 2 is 1.93 bits per heavy atom. The standard InChI is InChI=1S/C12H26N2/c1-4-12(7-5-8-12)14-10-6-9-13-11(2)3/h11,13-14H,4-10H2,1-3H3. The van der Waals surface area contributed by atoms with Crippen molar-refractivity contribution in [2.75, 3.05) is 13.1 Å². The summed E-state index contributed by atoms with van der Waals surface area (Å²) in [6.07, 6.45) is 6.75. The van der Waals surface area contributed by atoms with Crippen LogP contribution in [-0.2, 0) is 0 Å². The highest BCUT2D eigenvalue weighted by atomic mass is 15.0. The Labute approximate surface area is 88.8 Å². The van der Waals surface area contributed by atoms with Gasteiger partial charge in [0.25, 0.3) is 0 Å². The maximum Gasteiger partial charge on any atom is 0.0178 e. The van der Waals surface area contributed by atoms with E-state index in [-0.39, 0.29) is 0 Å². The lowest BCUT2D eigenvalue weighted by Gasteiger charge is -2.42. The molecule has 0 amide bonds. The van der Waals surface area contributed by atoms with Gasteiger partial charge in [-0.3, -0.25) is 0 Å². The van der Waals surface area contributed by atoms with Gasteiger partial charge in [-0.2, -0.15) is 0 Å². The van der Waals surface area contributed by atoms with Crippen LogP contribution < -0.4 is 10.6 Å². The van der Waals surface area contributed by atoms with Gasteiger partial charge in [-0.05, 0) is 45.2 Å². The maximum absolute atomic E-state index is 3.72. The van der Waals surface area contributed by atoms with Gasteiger partial charge < -0.3 is 10.6 Å². The number of nitrogens with one attached hydrogen (secondary N) is 2. The molecule has 0 aliphatic heterocycles. The monoisotopic (exact) mass is 198 g/mol. The lowest BCUT2D eigenvalue weighted by Crippen LogP contribution is -2.51. The molecule has 1 fully saturated rings. The second kappa shape index (κ2) is 5.72. The molecule has 0 saturated heterocycles. The maximum atomic E-state index is 3.72. The summed E-state index contributed by atoms with van der Waals surface area (Å²) in [5, 5.41) is 7.16. The molecule has 2 heteroatoms. The summed E-state index contributed by atoms with van der Waals surface area (Å²) < 4.78 is 0. The van der Waals surface area contributed by atoms with Crippen molar-refractivity contribution in [3.05, 3.63) is 0 Å². The molecule has 0 atom stereocenters. The lowest BCUT2D eigenvalue weighted by molar-refractivity contribution is 0.177. The van der Waals surface area contributed by atoms with Crippen LogP contribution >= 0.6 is 0 Å². The van der Waals surface area contributed by atoms with Crippen LogP contribution in [0.4, 0.5) is 0 Å². The van der Waals surface area contributed by atoms with E-state index in [9.17, 15) is 0 Å². The van der Waals surface area contributed by atoms with Gasteiger partial charge in [0.15, 0.2) is 0 Å². The molecule has 84 valence electrons. The highest BCUT2D eigenvalue weighted by molar-refractivity contribution is 4.94. The van der Waals surface area contributed by atoms with Crippen molar-refractivity contribution in [1.82, 2.24) is 10.6 Å². The van der Waals surface area contributed by atoms with Gasteiger partial charge in [-0.25, -0.2) is 0 Å². The van der Waals surface area contributed by atoms with Gasteiger partial charge in [0.2, 0.25) is 0 Å². The fourth-order valence-corrected chi connectivity index (χ4v) is 2.09. The van der Waals surface area contributed by atoms with Gasteiger partial charge in [0.1, 0.15) is 0 Å². The molecule has 0 aromatic rings. The zero-order chi connectivity index (χ0) is 10.4. The summed E-state index contributed by atoms with van der Waals surface area (Å²) in [6, 6.07) is 0.624. The van der Waals surface area contributed by atoms with Crippen LogP contribution in [0.2, 0.25) is 0 Å². The largest absolute Gasteiger partial charge is 0.314 e. The molecular formula is C12H26N2. The molecular weight excluding hydrogens is 172 g/mol. The van der Waals surface area contributed by atoms with Crippen molar-refractivity contribution < 1.29 is 0 Å². The van der Waals surface area contributed by atoms with Gasteiger partial charge in [-0.15, -0.1) is 0 Å². The summed E-state index contributed by atoms with van der Waals surface area (Å²) >= 11 is 0. The van der Waals surface area contributed by atoms with Crippen LogP contribution in [0.15, 0.2) is 0 Å². The number of hydrogen-bond donors (Lipinski definition) is 2. The summed E-state index contributed by atoms with van der Waals surface area (Å²) in [4.78, 5) is 0. The van der Waals surface area contributed by atoms with E-state index in [2.05, 4.69) is 31.4 Å². The first kappa shape index (κ1) is 12.0. The van der Waals surface area contributed by atoms with E-state index in [4.69, 9.17) is 0 Å². The first-order valence-corrected chi connectivity index (χ1v) is 6.17. The van der Waals surface area contributed by atoms with Crippen molar-refractivity contribution in [2.45, 2.75) is 64.5 Å². The fourth-order valence-electron chi connectivity index (χ4n) is 2.09. The zero-order valence-corrected chi connectivity index (χ0v) is 10.0. The molecule has 1 saturated carbocycles. The van der Waals surface area contributed by atoms with Crippen molar-refractivity contribution >= 4 is 0 Å². The molecule has 0 radical (unpaired) electrons. The molecule has 1 aliphatic carbocycles.